The van der Waals surface area contributed by atoms with E-state index in [9.17, 15) is 8.42 Å². The first-order valence-electron chi connectivity index (χ1n) is 6.37. The maximum Gasteiger partial charge on any atom is 0.250 e. The molecule has 2 rings (SSSR count). The summed E-state index contributed by atoms with van der Waals surface area (Å²) in [7, 11) is 0.355. The molecule has 0 saturated heterocycles. The van der Waals surface area contributed by atoms with Crippen molar-refractivity contribution in [3.05, 3.63) is 17.0 Å². The van der Waals surface area contributed by atoms with E-state index in [4.69, 9.17) is 11.6 Å². The van der Waals surface area contributed by atoms with Gasteiger partial charge in [0.25, 0.3) is 0 Å². The van der Waals surface area contributed by atoms with Gasteiger partial charge in [-0.15, -0.1) is 23.7 Å². The fourth-order valence-electron chi connectivity index (χ4n) is 1.93. The van der Waals surface area contributed by atoms with Crippen LogP contribution in [0.3, 0.4) is 0 Å². The summed E-state index contributed by atoms with van der Waals surface area (Å²) < 4.78 is 27.6. The fourth-order valence-corrected chi connectivity index (χ4v) is 5.05. The largest absolute Gasteiger partial charge is 0.309 e. The van der Waals surface area contributed by atoms with Gasteiger partial charge in [-0.05, 0) is 39.5 Å². The predicted molar refractivity (Wildman–Crippen MR) is 92.8 cm³/mol. The highest BCUT2D eigenvalue weighted by molar-refractivity contribution is 7.91. The summed E-state index contributed by atoms with van der Waals surface area (Å²) in [6.07, 6.45) is 2.08. The number of nitrogens with zero attached hydrogens (tertiary/aromatic N) is 3. The molecule has 22 heavy (non-hydrogen) atoms. The van der Waals surface area contributed by atoms with E-state index in [1.54, 1.807) is 6.92 Å². The summed E-state index contributed by atoms with van der Waals surface area (Å²) >= 11 is 7.14. The van der Waals surface area contributed by atoms with Crippen molar-refractivity contribution in [2.24, 2.45) is 0 Å². The minimum absolute atomic E-state index is 0. The average molecular weight is 385 g/mol. The Kier molecular flexibility index (Phi) is 6.97. The Morgan fingerprint density at radius 1 is 1.36 bits per heavy atom. The Balaban J connectivity index is 0.00000242. The molecule has 0 unspecified atom stereocenters. The van der Waals surface area contributed by atoms with Crippen LogP contribution in [0.2, 0.25) is 5.15 Å². The van der Waals surface area contributed by atoms with Gasteiger partial charge in [-0.1, -0.05) is 11.6 Å². The first kappa shape index (κ1) is 19.5. The predicted octanol–water partition coefficient (Wildman–Crippen LogP) is 2.30. The van der Waals surface area contributed by atoms with E-state index >= 15 is 0 Å². The lowest BCUT2D eigenvalue weighted by atomic mass is 10.3. The zero-order valence-corrected chi connectivity index (χ0v) is 15.7. The molecule has 0 atom stereocenters. The van der Waals surface area contributed by atoms with Crippen LogP contribution in [-0.4, -0.2) is 50.5 Å². The highest BCUT2D eigenvalue weighted by Gasteiger charge is 2.23. The average Bonchev–Trinajstić information content (AvgIpc) is 2.74. The van der Waals surface area contributed by atoms with Gasteiger partial charge in [-0.2, -0.15) is 0 Å². The Morgan fingerprint density at radius 2 is 2.05 bits per heavy atom. The zero-order valence-electron chi connectivity index (χ0n) is 12.5. The summed E-state index contributed by atoms with van der Waals surface area (Å²) in [5.74, 6) is 0. The second-order valence-corrected chi connectivity index (χ2v) is 8.23. The van der Waals surface area contributed by atoms with Crippen LogP contribution in [0.5, 0.6) is 0 Å². The standard InChI is InChI=1S/C12H17ClN4O2S2.ClH/c1-8-9-10(13)14-7-15-11(9)20-12(8)21(18,19)16-5-4-6-17(2)3;/h7,16H,4-6H2,1-3H3;1H. The van der Waals surface area contributed by atoms with Gasteiger partial charge in [-0.25, -0.2) is 23.1 Å². The fraction of sp³-hybridized carbons (Fsp3) is 0.500. The molecule has 0 aliphatic carbocycles. The Morgan fingerprint density at radius 3 is 2.64 bits per heavy atom. The minimum Gasteiger partial charge on any atom is -0.309 e. The van der Waals surface area contributed by atoms with Crippen molar-refractivity contribution in [1.29, 1.82) is 0 Å². The number of hydrogen-bond donors (Lipinski definition) is 1. The first-order chi connectivity index (χ1) is 9.83. The topological polar surface area (TPSA) is 75.2 Å². The second kappa shape index (κ2) is 7.85. The summed E-state index contributed by atoms with van der Waals surface area (Å²) in [6, 6.07) is 0. The third-order valence-corrected chi connectivity index (χ3v) is 6.52. The maximum absolute atomic E-state index is 12.4. The van der Waals surface area contributed by atoms with Crippen LogP contribution in [0, 0.1) is 6.92 Å². The van der Waals surface area contributed by atoms with E-state index in [1.807, 2.05) is 19.0 Å². The van der Waals surface area contributed by atoms with Crippen LogP contribution in [0.4, 0.5) is 0 Å². The van der Waals surface area contributed by atoms with Gasteiger partial charge in [0.1, 0.15) is 20.5 Å². The molecule has 0 aromatic carbocycles. The van der Waals surface area contributed by atoms with Gasteiger partial charge in [0.15, 0.2) is 0 Å². The monoisotopic (exact) mass is 384 g/mol. The van der Waals surface area contributed by atoms with E-state index < -0.39 is 10.0 Å². The number of nitrogens with one attached hydrogen (secondary N) is 1. The Hall–Kier alpha value is -0.510. The van der Waals surface area contributed by atoms with Crippen molar-refractivity contribution in [2.45, 2.75) is 17.6 Å². The molecule has 6 nitrogen and oxygen atoms in total. The molecule has 1 N–H and O–H groups in total. The molecule has 0 saturated carbocycles. The van der Waals surface area contributed by atoms with Crippen molar-refractivity contribution < 1.29 is 8.42 Å². The summed E-state index contributed by atoms with van der Waals surface area (Å²) in [5.41, 5.74) is 0.598. The molecule has 2 aromatic heterocycles. The number of rotatable bonds is 6. The zero-order chi connectivity index (χ0) is 15.6. The third-order valence-electron chi connectivity index (χ3n) is 2.96. The van der Waals surface area contributed by atoms with Crippen molar-refractivity contribution >= 4 is 55.6 Å². The number of halogens is 2. The Bertz CT molecular complexity index is 747. The van der Waals surface area contributed by atoms with Crippen molar-refractivity contribution in [2.75, 3.05) is 27.2 Å². The molecule has 10 heteroatoms. The SMILES string of the molecule is Cc1c(S(=O)(=O)NCCCN(C)C)sc2ncnc(Cl)c12.Cl. The molecule has 124 valence electrons. The summed E-state index contributed by atoms with van der Waals surface area (Å²) in [5, 5.41) is 0.889. The molecule has 0 aliphatic heterocycles. The van der Waals surface area contributed by atoms with Gasteiger partial charge in [-0.3, -0.25) is 0 Å². The molecule has 2 heterocycles. The molecule has 0 spiro atoms. The first-order valence-corrected chi connectivity index (χ1v) is 9.04. The van der Waals surface area contributed by atoms with Gasteiger partial charge in [0, 0.05) is 6.54 Å². The lowest BCUT2D eigenvalue weighted by Crippen LogP contribution is -2.27. The maximum atomic E-state index is 12.4. The van der Waals surface area contributed by atoms with Crippen LogP contribution in [-0.2, 0) is 10.0 Å². The lowest BCUT2D eigenvalue weighted by molar-refractivity contribution is 0.400. The smallest absolute Gasteiger partial charge is 0.250 e. The number of hydrogen-bond acceptors (Lipinski definition) is 6. The van der Waals surface area contributed by atoms with Crippen molar-refractivity contribution in [1.82, 2.24) is 19.6 Å². The van der Waals surface area contributed by atoms with Crippen LogP contribution < -0.4 is 4.72 Å². The second-order valence-electron chi connectivity index (χ2n) is 4.91. The molecule has 2 aromatic rings. The number of fused-ring (bicyclic) bond motifs is 1. The molecule has 0 fully saturated rings. The Labute approximate surface area is 145 Å². The number of thiophene rings is 1. The number of aromatic nitrogens is 2. The van der Waals surface area contributed by atoms with E-state index in [2.05, 4.69) is 14.7 Å². The molecule has 0 aliphatic rings. The van der Waals surface area contributed by atoms with Gasteiger partial charge in [0.2, 0.25) is 10.0 Å². The summed E-state index contributed by atoms with van der Waals surface area (Å²) in [4.78, 5) is 10.6. The molecule has 0 amide bonds. The quantitative estimate of drug-likeness (QED) is 0.610. The molecule has 0 bridgehead atoms. The van der Waals surface area contributed by atoms with Crippen LogP contribution in [0.15, 0.2) is 10.5 Å². The number of sulfonamides is 1. The van der Waals surface area contributed by atoms with E-state index in [0.29, 0.717) is 22.3 Å². The third kappa shape index (κ3) is 4.27. The van der Waals surface area contributed by atoms with Gasteiger partial charge < -0.3 is 4.90 Å². The normalized spacial score (nSPS) is 11.9. The minimum atomic E-state index is -3.54. The van der Waals surface area contributed by atoms with E-state index in [0.717, 1.165) is 24.3 Å². The molecular formula is C12H18Cl2N4O2S2. The van der Waals surface area contributed by atoms with Gasteiger partial charge in [0.05, 0.1) is 5.39 Å². The highest BCUT2D eigenvalue weighted by Crippen LogP contribution is 2.35. The lowest BCUT2D eigenvalue weighted by Gasteiger charge is -2.10. The van der Waals surface area contributed by atoms with Crippen LogP contribution >= 0.6 is 35.3 Å². The molecule has 0 radical (unpaired) electrons. The van der Waals surface area contributed by atoms with E-state index in [-0.39, 0.29) is 21.8 Å². The summed E-state index contributed by atoms with van der Waals surface area (Å²) in [6.45, 7) is 2.95. The van der Waals surface area contributed by atoms with Gasteiger partial charge >= 0.3 is 0 Å². The van der Waals surface area contributed by atoms with E-state index in [1.165, 1.54) is 6.33 Å². The van der Waals surface area contributed by atoms with Crippen molar-refractivity contribution in [3.8, 4) is 0 Å². The highest BCUT2D eigenvalue weighted by atomic mass is 35.5. The molecular weight excluding hydrogens is 367 g/mol. The van der Waals surface area contributed by atoms with Crippen LogP contribution in [0.1, 0.15) is 12.0 Å². The number of aryl methyl sites for hydroxylation is 1. The van der Waals surface area contributed by atoms with Crippen molar-refractivity contribution in [3.63, 3.8) is 0 Å². The van der Waals surface area contributed by atoms with Crippen LogP contribution in [0.25, 0.3) is 10.2 Å².